The minimum absolute atomic E-state index is 0.0522. The second kappa shape index (κ2) is 13.2. The van der Waals surface area contributed by atoms with E-state index in [1.54, 1.807) is 5.57 Å². The standard InChI is InChI=1S/C36H62O2/c1-7-8-9-10-11-12-16-34(37)38-29-21-23-35(5)28(25-29)17-18-30-32-20-19-31(27(4)15-13-14-26(2)3)36(32,6)24-22-33(30)35/h17,26-27,29-33H,7-16,18-25H2,1-6H3/t27?,29-,30-,31+,32?,33-,35-,36+/m0/s1. The molecular weight excluding hydrogens is 464 g/mol. The fraction of sp³-hybridized carbons (Fsp3) is 0.917. The summed E-state index contributed by atoms with van der Waals surface area (Å²) in [4.78, 5) is 12.6. The molecule has 0 saturated heterocycles. The van der Waals surface area contributed by atoms with Crippen LogP contribution >= 0.6 is 0 Å². The van der Waals surface area contributed by atoms with Gasteiger partial charge in [0.1, 0.15) is 6.10 Å². The van der Waals surface area contributed by atoms with Crippen LogP contribution in [0, 0.1) is 46.3 Å². The highest BCUT2D eigenvalue weighted by Crippen LogP contribution is 2.67. The van der Waals surface area contributed by atoms with Gasteiger partial charge < -0.3 is 4.74 Å². The van der Waals surface area contributed by atoms with E-state index in [0.717, 1.165) is 54.8 Å². The lowest BCUT2D eigenvalue weighted by molar-refractivity contribution is -0.151. The van der Waals surface area contributed by atoms with Gasteiger partial charge in [-0.15, -0.1) is 0 Å². The van der Waals surface area contributed by atoms with Gasteiger partial charge in [0.15, 0.2) is 0 Å². The first-order valence-electron chi connectivity index (χ1n) is 17.1. The number of fused-ring (bicyclic) bond motifs is 5. The maximum atomic E-state index is 12.6. The summed E-state index contributed by atoms with van der Waals surface area (Å²) in [6, 6.07) is 0. The van der Waals surface area contributed by atoms with Crippen LogP contribution in [0.25, 0.3) is 0 Å². The first-order valence-corrected chi connectivity index (χ1v) is 17.1. The van der Waals surface area contributed by atoms with Crippen molar-refractivity contribution in [3.8, 4) is 0 Å². The summed E-state index contributed by atoms with van der Waals surface area (Å²) in [7, 11) is 0. The third kappa shape index (κ3) is 6.57. The summed E-state index contributed by atoms with van der Waals surface area (Å²) in [5.41, 5.74) is 2.54. The molecule has 0 aromatic carbocycles. The summed E-state index contributed by atoms with van der Waals surface area (Å²) in [5, 5.41) is 0. The molecule has 4 aliphatic rings. The van der Waals surface area contributed by atoms with Crippen LogP contribution in [0.1, 0.15) is 157 Å². The highest BCUT2D eigenvalue weighted by molar-refractivity contribution is 5.69. The predicted octanol–water partition coefficient (Wildman–Crippen LogP) is 10.7. The Balaban J connectivity index is 1.31. The van der Waals surface area contributed by atoms with Crippen LogP contribution in [0.15, 0.2) is 11.6 Å². The van der Waals surface area contributed by atoms with E-state index in [2.05, 4.69) is 47.6 Å². The van der Waals surface area contributed by atoms with Gasteiger partial charge >= 0.3 is 5.97 Å². The summed E-state index contributed by atoms with van der Waals surface area (Å²) >= 11 is 0. The van der Waals surface area contributed by atoms with Crippen molar-refractivity contribution in [2.75, 3.05) is 0 Å². The number of carbonyl (C=O) groups excluding carboxylic acids is 1. The fourth-order valence-electron chi connectivity index (χ4n) is 10.0. The molecule has 2 nitrogen and oxygen atoms in total. The Morgan fingerprint density at radius 1 is 0.921 bits per heavy atom. The maximum absolute atomic E-state index is 12.6. The van der Waals surface area contributed by atoms with Gasteiger partial charge in [-0.1, -0.05) is 105 Å². The van der Waals surface area contributed by atoms with Crippen molar-refractivity contribution in [1.29, 1.82) is 0 Å². The molecule has 3 saturated carbocycles. The molecule has 0 aromatic rings. The summed E-state index contributed by atoms with van der Waals surface area (Å²) < 4.78 is 6.04. The monoisotopic (exact) mass is 526 g/mol. The molecular formula is C36H62O2. The van der Waals surface area contributed by atoms with Crippen molar-refractivity contribution in [2.24, 2.45) is 46.3 Å². The van der Waals surface area contributed by atoms with Crippen LogP contribution in [-0.4, -0.2) is 12.1 Å². The molecule has 0 heterocycles. The SMILES string of the molecule is CCCCCCCCC(=O)O[C@H]1CC[C@@]2(C)C(=CC[C@H]3C4CC[C@H](C(C)CCCC(C)C)[C@@]4(C)CC[C@@H]32)C1. The Kier molecular flexibility index (Phi) is 10.5. The van der Waals surface area contributed by atoms with Gasteiger partial charge in [-0.3, -0.25) is 4.79 Å². The maximum Gasteiger partial charge on any atom is 0.306 e. The van der Waals surface area contributed by atoms with Crippen LogP contribution in [-0.2, 0) is 9.53 Å². The molecule has 2 unspecified atom stereocenters. The van der Waals surface area contributed by atoms with Crippen molar-refractivity contribution in [1.82, 2.24) is 0 Å². The third-order valence-corrected chi connectivity index (χ3v) is 12.3. The highest BCUT2D eigenvalue weighted by atomic mass is 16.5. The molecule has 38 heavy (non-hydrogen) atoms. The predicted molar refractivity (Wildman–Crippen MR) is 161 cm³/mol. The molecule has 0 aromatic heterocycles. The number of ether oxygens (including phenoxy) is 1. The Morgan fingerprint density at radius 3 is 2.45 bits per heavy atom. The van der Waals surface area contributed by atoms with Crippen molar-refractivity contribution in [2.45, 2.75) is 163 Å². The van der Waals surface area contributed by atoms with Crippen molar-refractivity contribution >= 4 is 5.97 Å². The second-order valence-electron chi connectivity index (χ2n) is 15.2. The molecule has 8 atom stereocenters. The first-order chi connectivity index (χ1) is 18.2. The van der Waals surface area contributed by atoms with Crippen molar-refractivity contribution < 1.29 is 9.53 Å². The molecule has 0 spiro atoms. The fourth-order valence-corrected chi connectivity index (χ4v) is 10.0. The summed E-state index contributed by atoms with van der Waals surface area (Å²) in [6.45, 7) is 14.9. The molecule has 0 N–H and O–H groups in total. The average Bonchev–Trinajstić information content (AvgIpc) is 3.23. The zero-order valence-electron chi connectivity index (χ0n) is 26.2. The summed E-state index contributed by atoms with van der Waals surface area (Å²) in [5.74, 6) is 5.34. The van der Waals surface area contributed by atoms with Crippen molar-refractivity contribution in [3.63, 3.8) is 0 Å². The molecule has 0 radical (unpaired) electrons. The largest absolute Gasteiger partial charge is 0.462 e. The van der Waals surface area contributed by atoms with E-state index in [0.29, 0.717) is 17.3 Å². The number of hydrogen-bond acceptors (Lipinski definition) is 2. The van der Waals surface area contributed by atoms with Crippen LogP contribution in [0.5, 0.6) is 0 Å². The molecule has 0 amide bonds. The van der Waals surface area contributed by atoms with Crippen LogP contribution in [0.2, 0.25) is 0 Å². The minimum atomic E-state index is 0.0522. The number of unbranched alkanes of at least 4 members (excludes halogenated alkanes) is 5. The van der Waals surface area contributed by atoms with E-state index < -0.39 is 0 Å². The smallest absolute Gasteiger partial charge is 0.306 e. The Bertz CT molecular complexity index is 797. The van der Waals surface area contributed by atoms with Gasteiger partial charge in [0.05, 0.1) is 0 Å². The minimum Gasteiger partial charge on any atom is -0.462 e. The zero-order chi connectivity index (χ0) is 27.3. The average molecular weight is 527 g/mol. The Labute approximate surface area is 236 Å². The van der Waals surface area contributed by atoms with E-state index in [-0.39, 0.29) is 12.1 Å². The van der Waals surface area contributed by atoms with E-state index >= 15 is 0 Å². The van der Waals surface area contributed by atoms with Gasteiger partial charge in [0, 0.05) is 12.8 Å². The first kappa shape index (κ1) is 30.2. The van der Waals surface area contributed by atoms with Crippen LogP contribution in [0.3, 0.4) is 0 Å². The number of hydrogen-bond donors (Lipinski definition) is 0. The molecule has 0 bridgehead atoms. The Morgan fingerprint density at radius 2 is 1.68 bits per heavy atom. The number of carbonyl (C=O) groups is 1. The molecule has 3 fully saturated rings. The van der Waals surface area contributed by atoms with E-state index in [9.17, 15) is 4.79 Å². The molecule has 2 heteroatoms. The van der Waals surface area contributed by atoms with Gasteiger partial charge in [-0.2, -0.15) is 0 Å². The normalized spacial score (nSPS) is 37.2. The van der Waals surface area contributed by atoms with Gasteiger partial charge in [-0.05, 0) is 97.7 Å². The van der Waals surface area contributed by atoms with Crippen LogP contribution < -0.4 is 0 Å². The topological polar surface area (TPSA) is 26.3 Å². The van der Waals surface area contributed by atoms with Crippen LogP contribution in [0.4, 0.5) is 0 Å². The van der Waals surface area contributed by atoms with E-state index in [1.165, 1.54) is 89.9 Å². The third-order valence-electron chi connectivity index (χ3n) is 12.3. The van der Waals surface area contributed by atoms with Gasteiger partial charge in [0.2, 0.25) is 0 Å². The van der Waals surface area contributed by atoms with Crippen molar-refractivity contribution in [3.05, 3.63) is 11.6 Å². The number of rotatable bonds is 13. The lowest BCUT2D eigenvalue weighted by Gasteiger charge is -2.58. The van der Waals surface area contributed by atoms with E-state index in [4.69, 9.17) is 4.74 Å². The van der Waals surface area contributed by atoms with E-state index in [1.807, 2.05) is 0 Å². The molecule has 4 rings (SSSR count). The molecule has 0 aliphatic heterocycles. The lowest BCUT2D eigenvalue weighted by Crippen LogP contribution is -2.51. The molecule has 4 aliphatic carbocycles. The van der Waals surface area contributed by atoms with Gasteiger partial charge in [-0.25, -0.2) is 0 Å². The summed E-state index contributed by atoms with van der Waals surface area (Å²) in [6.07, 6.45) is 25.3. The number of esters is 1. The Hall–Kier alpha value is -0.790. The van der Waals surface area contributed by atoms with Gasteiger partial charge in [0.25, 0.3) is 0 Å². The lowest BCUT2D eigenvalue weighted by atomic mass is 9.47. The quantitative estimate of drug-likeness (QED) is 0.135. The molecule has 218 valence electrons. The highest BCUT2D eigenvalue weighted by Gasteiger charge is 2.59. The second-order valence-corrected chi connectivity index (χ2v) is 15.2. The number of allylic oxidation sites excluding steroid dienone is 1. The zero-order valence-corrected chi connectivity index (χ0v) is 26.2.